The summed E-state index contributed by atoms with van der Waals surface area (Å²) in [6.07, 6.45) is 0. The largest absolute Gasteiger partial charge is 0.483 e. The highest BCUT2D eigenvalue weighted by atomic mass is 19.1. The van der Waals surface area contributed by atoms with E-state index < -0.39 is 0 Å². The third-order valence-electron chi connectivity index (χ3n) is 2.07. The minimum absolute atomic E-state index is 0.144. The van der Waals surface area contributed by atoms with Gasteiger partial charge in [-0.2, -0.15) is 4.98 Å². The normalized spacial score (nSPS) is 10.4. The van der Waals surface area contributed by atoms with Crippen LogP contribution in [0.25, 0.3) is 0 Å². The molecule has 0 N–H and O–H groups in total. The van der Waals surface area contributed by atoms with Crippen LogP contribution in [0.1, 0.15) is 17.3 Å². The third kappa shape index (κ3) is 2.36. The fourth-order valence-electron chi connectivity index (χ4n) is 1.27. The zero-order chi connectivity index (χ0) is 11.5. The number of aromatic nitrogens is 2. The Bertz CT molecular complexity index is 496. The van der Waals surface area contributed by atoms with E-state index in [2.05, 4.69) is 10.1 Å². The Kier molecular flexibility index (Phi) is 2.85. The predicted octanol–water partition coefficient (Wildman–Crippen LogP) is 2.40. The van der Waals surface area contributed by atoms with Crippen LogP contribution in [0.15, 0.2) is 22.7 Å². The maximum atomic E-state index is 12.9. The molecule has 2 rings (SSSR count). The molecule has 0 saturated carbocycles. The van der Waals surface area contributed by atoms with Gasteiger partial charge in [0.05, 0.1) is 0 Å². The molecule has 1 aromatic carbocycles. The minimum Gasteiger partial charge on any atom is -0.483 e. The maximum Gasteiger partial charge on any atom is 0.264 e. The molecule has 16 heavy (non-hydrogen) atoms. The van der Waals surface area contributed by atoms with Crippen LogP contribution in [0.5, 0.6) is 5.75 Å². The smallest absolute Gasteiger partial charge is 0.264 e. The van der Waals surface area contributed by atoms with Crippen molar-refractivity contribution in [1.82, 2.24) is 10.1 Å². The topological polar surface area (TPSA) is 48.2 Å². The van der Waals surface area contributed by atoms with Gasteiger partial charge in [0.15, 0.2) is 12.4 Å². The van der Waals surface area contributed by atoms with E-state index in [9.17, 15) is 4.39 Å². The van der Waals surface area contributed by atoms with Gasteiger partial charge in [0.2, 0.25) is 0 Å². The molecule has 1 heterocycles. The summed E-state index contributed by atoms with van der Waals surface area (Å²) >= 11 is 0. The van der Waals surface area contributed by atoms with Crippen molar-refractivity contribution in [2.24, 2.45) is 0 Å². The first-order valence-corrected chi connectivity index (χ1v) is 4.83. The second kappa shape index (κ2) is 4.30. The summed E-state index contributed by atoms with van der Waals surface area (Å²) in [4.78, 5) is 3.98. The number of rotatable bonds is 3. The summed E-state index contributed by atoms with van der Waals surface area (Å²) in [6.45, 7) is 3.71. The second-order valence-electron chi connectivity index (χ2n) is 3.43. The molecule has 0 radical (unpaired) electrons. The van der Waals surface area contributed by atoms with Crippen molar-refractivity contribution in [2.75, 3.05) is 0 Å². The van der Waals surface area contributed by atoms with Crippen LogP contribution in [0, 0.1) is 19.7 Å². The molecule has 0 aliphatic heterocycles. The van der Waals surface area contributed by atoms with E-state index >= 15 is 0 Å². The fourth-order valence-corrected chi connectivity index (χ4v) is 1.27. The fraction of sp³-hybridized carbons (Fsp3) is 0.273. The van der Waals surface area contributed by atoms with Crippen LogP contribution in [0.4, 0.5) is 4.39 Å². The van der Waals surface area contributed by atoms with E-state index in [1.54, 1.807) is 13.0 Å². The van der Waals surface area contributed by atoms with Gasteiger partial charge in [-0.3, -0.25) is 0 Å². The van der Waals surface area contributed by atoms with Gasteiger partial charge >= 0.3 is 0 Å². The Hall–Kier alpha value is -1.91. The Balaban J connectivity index is 2.07. The predicted molar refractivity (Wildman–Crippen MR) is 54.5 cm³/mol. The first-order valence-electron chi connectivity index (χ1n) is 4.83. The van der Waals surface area contributed by atoms with E-state index in [0.717, 1.165) is 5.56 Å². The van der Waals surface area contributed by atoms with Crippen molar-refractivity contribution < 1.29 is 13.7 Å². The van der Waals surface area contributed by atoms with E-state index in [-0.39, 0.29) is 12.4 Å². The van der Waals surface area contributed by atoms with Crippen molar-refractivity contribution in [3.05, 3.63) is 41.3 Å². The van der Waals surface area contributed by atoms with Gasteiger partial charge in [-0.25, -0.2) is 4.39 Å². The van der Waals surface area contributed by atoms with Crippen molar-refractivity contribution in [3.8, 4) is 5.75 Å². The molecule has 0 fully saturated rings. The summed E-state index contributed by atoms with van der Waals surface area (Å²) in [7, 11) is 0. The number of halogens is 1. The van der Waals surface area contributed by atoms with Crippen molar-refractivity contribution in [2.45, 2.75) is 20.5 Å². The van der Waals surface area contributed by atoms with Gasteiger partial charge in [-0.1, -0.05) is 11.2 Å². The van der Waals surface area contributed by atoms with Crippen LogP contribution < -0.4 is 4.74 Å². The molecule has 0 unspecified atom stereocenters. The molecule has 84 valence electrons. The van der Waals surface area contributed by atoms with Gasteiger partial charge in [-0.05, 0) is 25.5 Å². The van der Waals surface area contributed by atoms with Gasteiger partial charge in [-0.15, -0.1) is 0 Å². The SMILES string of the molecule is Cc1noc(COc2cc(F)ccc2C)n1. The molecule has 0 saturated heterocycles. The molecular formula is C11H11FN2O2. The third-order valence-corrected chi connectivity index (χ3v) is 2.07. The van der Waals surface area contributed by atoms with E-state index in [1.165, 1.54) is 12.1 Å². The monoisotopic (exact) mass is 222 g/mol. The molecule has 0 aliphatic carbocycles. The zero-order valence-corrected chi connectivity index (χ0v) is 9.03. The summed E-state index contributed by atoms with van der Waals surface area (Å²) in [6, 6.07) is 4.38. The van der Waals surface area contributed by atoms with Crippen molar-refractivity contribution >= 4 is 0 Å². The highest BCUT2D eigenvalue weighted by Gasteiger charge is 2.06. The number of ether oxygens (including phenoxy) is 1. The molecule has 5 heteroatoms. The lowest BCUT2D eigenvalue weighted by Crippen LogP contribution is -1.97. The molecule has 4 nitrogen and oxygen atoms in total. The highest BCUT2D eigenvalue weighted by molar-refractivity contribution is 5.32. The van der Waals surface area contributed by atoms with Crippen LogP contribution in [0.3, 0.4) is 0 Å². The Morgan fingerprint density at radius 3 is 2.88 bits per heavy atom. The van der Waals surface area contributed by atoms with Gasteiger partial charge in [0.25, 0.3) is 5.89 Å². The summed E-state index contributed by atoms with van der Waals surface area (Å²) in [5.41, 5.74) is 0.859. The number of hydrogen-bond donors (Lipinski definition) is 0. The average molecular weight is 222 g/mol. The molecule has 0 bridgehead atoms. The second-order valence-corrected chi connectivity index (χ2v) is 3.43. The molecule has 1 aromatic heterocycles. The molecule has 2 aromatic rings. The van der Waals surface area contributed by atoms with E-state index in [4.69, 9.17) is 9.26 Å². The summed E-state index contributed by atoms with van der Waals surface area (Å²) in [5.74, 6) is 1.08. The van der Waals surface area contributed by atoms with Crippen molar-refractivity contribution in [3.63, 3.8) is 0 Å². The molecule has 0 amide bonds. The number of aryl methyl sites for hydroxylation is 2. The van der Waals surface area contributed by atoms with Crippen molar-refractivity contribution in [1.29, 1.82) is 0 Å². The van der Waals surface area contributed by atoms with Gasteiger partial charge < -0.3 is 9.26 Å². The van der Waals surface area contributed by atoms with E-state index in [0.29, 0.717) is 17.5 Å². The summed E-state index contributed by atoms with van der Waals surface area (Å²) < 4.78 is 23.2. The quantitative estimate of drug-likeness (QED) is 0.800. The van der Waals surface area contributed by atoms with Crippen LogP contribution in [0.2, 0.25) is 0 Å². The molecule has 0 atom stereocenters. The lowest BCUT2D eigenvalue weighted by Gasteiger charge is -2.06. The molecule has 0 spiro atoms. The Morgan fingerprint density at radius 2 is 2.19 bits per heavy atom. The number of nitrogens with zero attached hydrogens (tertiary/aromatic N) is 2. The Labute approximate surface area is 92.0 Å². The standard InChI is InChI=1S/C11H11FN2O2/c1-7-3-4-9(12)5-10(7)15-6-11-13-8(2)14-16-11/h3-5H,6H2,1-2H3. The average Bonchev–Trinajstić information content (AvgIpc) is 2.66. The molecule has 0 aliphatic rings. The van der Waals surface area contributed by atoms with Gasteiger partial charge in [0, 0.05) is 6.07 Å². The highest BCUT2D eigenvalue weighted by Crippen LogP contribution is 2.19. The lowest BCUT2D eigenvalue weighted by molar-refractivity contribution is 0.240. The molecular weight excluding hydrogens is 211 g/mol. The van der Waals surface area contributed by atoms with Gasteiger partial charge in [0.1, 0.15) is 11.6 Å². The zero-order valence-electron chi connectivity index (χ0n) is 9.03. The van der Waals surface area contributed by atoms with Crippen LogP contribution >= 0.6 is 0 Å². The number of benzene rings is 1. The first kappa shape index (κ1) is 10.6. The van der Waals surface area contributed by atoms with Crippen LogP contribution in [-0.4, -0.2) is 10.1 Å². The summed E-state index contributed by atoms with van der Waals surface area (Å²) in [5, 5.41) is 3.63. The van der Waals surface area contributed by atoms with E-state index in [1.807, 2.05) is 6.92 Å². The van der Waals surface area contributed by atoms with Crippen LogP contribution in [-0.2, 0) is 6.61 Å². The minimum atomic E-state index is -0.331. The first-order chi connectivity index (χ1) is 7.65. The maximum absolute atomic E-state index is 12.9. The lowest BCUT2D eigenvalue weighted by atomic mass is 10.2. The number of hydrogen-bond acceptors (Lipinski definition) is 4. The Morgan fingerprint density at radius 1 is 1.38 bits per heavy atom.